The Morgan fingerprint density at radius 3 is 2.61 bits per heavy atom. The van der Waals surface area contributed by atoms with Gasteiger partial charge in [-0.15, -0.1) is 5.10 Å². The third kappa shape index (κ3) is 7.35. The van der Waals surface area contributed by atoms with Crippen LogP contribution in [0.25, 0.3) is 0 Å². The van der Waals surface area contributed by atoms with Gasteiger partial charge in [-0.25, -0.2) is 14.2 Å². The second kappa shape index (κ2) is 11.4. The first-order valence-corrected chi connectivity index (χ1v) is 11.8. The molecule has 204 valence electrons. The van der Waals surface area contributed by atoms with Gasteiger partial charge in [-0.3, -0.25) is 9.48 Å². The summed E-state index contributed by atoms with van der Waals surface area (Å²) in [6, 6.07) is -2.31. The quantitative estimate of drug-likeness (QED) is 0.447. The van der Waals surface area contributed by atoms with Crippen molar-refractivity contribution in [2.45, 2.75) is 75.7 Å². The maximum atomic E-state index is 14.7. The molecule has 1 aromatic heterocycles. The first kappa shape index (κ1) is 28.3. The number of hydrogen-bond acceptors (Lipinski definition) is 6. The van der Waals surface area contributed by atoms with Crippen molar-refractivity contribution in [3.05, 3.63) is 23.9 Å². The van der Waals surface area contributed by atoms with Crippen LogP contribution in [0.2, 0.25) is 0 Å². The smallest absolute Gasteiger partial charge is 0.382 e. The SMILES string of the molecule is COCC(C1=CCCC(C)NN1CC(F)(F)F)n1cc(NC(=O)[C@@H](N)C2CCC(F)(F)CC2)c(F)n1. The fraction of sp³-hybridized carbons (Fsp3) is 0.727. The maximum absolute atomic E-state index is 14.7. The summed E-state index contributed by atoms with van der Waals surface area (Å²) >= 11 is 0. The van der Waals surface area contributed by atoms with Crippen molar-refractivity contribution in [2.24, 2.45) is 11.7 Å². The van der Waals surface area contributed by atoms with Gasteiger partial charge in [-0.2, -0.15) is 17.6 Å². The molecule has 0 aromatic carbocycles. The number of ether oxygens (including phenoxy) is 1. The summed E-state index contributed by atoms with van der Waals surface area (Å²) < 4.78 is 87.7. The lowest BCUT2D eigenvalue weighted by atomic mass is 9.82. The fourth-order valence-corrected chi connectivity index (χ4v) is 4.55. The highest BCUT2D eigenvalue weighted by atomic mass is 19.4. The summed E-state index contributed by atoms with van der Waals surface area (Å²) in [4.78, 5) is 12.6. The Balaban J connectivity index is 1.79. The van der Waals surface area contributed by atoms with Gasteiger partial charge < -0.3 is 20.8 Å². The van der Waals surface area contributed by atoms with E-state index < -0.39 is 48.5 Å². The highest BCUT2D eigenvalue weighted by Crippen LogP contribution is 2.37. The fourth-order valence-electron chi connectivity index (χ4n) is 4.55. The largest absolute Gasteiger partial charge is 0.407 e. The van der Waals surface area contributed by atoms with Crippen LogP contribution in [0.3, 0.4) is 0 Å². The molecule has 0 spiro atoms. The van der Waals surface area contributed by atoms with Gasteiger partial charge in [0.25, 0.3) is 5.95 Å². The van der Waals surface area contributed by atoms with E-state index in [1.54, 1.807) is 13.0 Å². The molecule has 3 rings (SSSR count). The predicted octanol–water partition coefficient (Wildman–Crippen LogP) is 3.74. The minimum absolute atomic E-state index is 0.0634. The molecule has 1 saturated carbocycles. The molecule has 2 unspecified atom stereocenters. The van der Waals surface area contributed by atoms with Gasteiger partial charge in [0.1, 0.15) is 18.3 Å². The molecular weight excluding hydrogens is 494 g/mol. The van der Waals surface area contributed by atoms with E-state index >= 15 is 0 Å². The number of hydrazine groups is 1. The van der Waals surface area contributed by atoms with Crippen LogP contribution in [0.1, 0.15) is 51.5 Å². The van der Waals surface area contributed by atoms with Crippen LogP contribution in [-0.2, 0) is 9.53 Å². The van der Waals surface area contributed by atoms with E-state index in [0.29, 0.717) is 12.8 Å². The van der Waals surface area contributed by atoms with E-state index in [2.05, 4.69) is 15.8 Å². The van der Waals surface area contributed by atoms with Crippen molar-refractivity contribution in [3.63, 3.8) is 0 Å². The summed E-state index contributed by atoms with van der Waals surface area (Å²) in [5, 5.41) is 7.07. The lowest BCUT2D eigenvalue weighted by molar-refractivity contribution is -0.149. The van der Waals surface area contributed by atoms with Crippen LogP contribution < -0.4 is 16.5 Å². The summed E-state index contributed by atoms with van der Waals surface area (Å²) in [6.45, 7) is 0.343. The van der Waals surface area contributed by atoms with Crippen LogP contribution in [0.5, 0.6) is 0 Å². The van der Waals surface area contributed by atoms with Crippen molar-refractivity contribution < 1.29 is 35.9 Å². The number of nitrogens with two attached hydrogens (primary N) is 1. The van der Waals surface area contributed by atoms with Gasteiger partial charge in [0.2, 0.25) is 11.8 Å². The van der Waals surface area contributed by atoms with Gasteiger partial charge in [0, 0.05) is 26.0 Å². The van der Waals surface area contributed by atoms with E-state index in [4.69, 9.17) is 10.5 Å². The minimum atomic E-state index is -4.51. The lowest BCUT2D eigenvalue weighted by Crippen LogP contribution is -2.48. The standard InChI is InChI=1S/C22H32F6N6O2/c1-13-4-3-5-16(34(31-13)12-22(26,27)28)17(11-36-2)33-10-15(19(23)32-33)30-20(35)18(29)14-6-8-21(24,25)9-7-14/h5,10,13-14,17-18,31H,3-4,6-9,11-12,29H2,1-2H3,(H,30,35)/t13?,17?,18-/m0/s1. The number of rotatable bonds is 8. The number of carbonyl (C=O) groups excluding carboxylic acids is 1. The minimum Gasteiger partial charge on any atom is -0.382 e. The normalized spacial score (nSPS) is 23.1. The molecule has 2 heterocycles. The number of methoxy groups -OCH3 is 1. The number of amides is 1. The summed E-state index contributed by atoms with van der Waals surface area (Å²) in [5.41, 5.74) is 8.65. The lowest BCUT2D eigenvalue weighted by Gasteiger charge is -2.33. The Morgan fingerprint density at radius 2 is 2.00 bits per heavy atom. The molecule has 1 amide bonds. The maximum Gasteiger partial charge on any atom is 0.407 e. The molecule has 1 fully saturated rings. The Kier molecular flexibility index (Phi) is 8.93. The van der Waals surface area contributed by atoms with Gasteiger partial charge in [0.05, 0.1) is 24.5 Å². The van der Waals surface area contributed by atoms with Crippen LogP contribution in [0.15, 0.2) is 18.0 Å². The number of anilines is 1. The van der Waals surface area contributed by atoms with E-state index in [1.165, 1.54) is 7.11 Å². The number of carbonyl (C=O) groups is 1. The summed E-state index contributed by atoms with van der Waals surface area (Å²) in [5.74, 6) is -5.08. The Labute approximate surface area is 205 Å². The van der Waals surface area contributed by atoms with Crippen LogP contribution in [0.4, 0.5) is 32.0 Å². The molecule has 0 radical (unpaired) electrons. The molecule has 4 N–H and O–H groups in total. The molecule has 8 nitrogen and oxygen atoms in total. The molecule has 14 heteroatoms. The van der Waals surface area contributed by atoms with Crippen molar-refractivity contribution in [3.8, 4) is 0 Å². The zero-order chi connectivity index (χ0) is 26.7. The highest BCUT2D eigenvalue weighted by molar-refractivity contribution is 5.94. The summed E-state index contributed by atoms with van der Waals surface area (Å²) in [6.07, 6.45) is -1.31. The van der Waals surface area contributed by atoms with Gasteiger partial charge >= 0.3 is 6.18 Å². The monoisotopic (exact) mass is 526 g/mol. The first-order chi connectivity index (χ1) is 16.8. The van der Waals surface area contributed by atoms with E-state index in [9.17, 15) is 31.1 Å². The molecule has 1 aliphatic heterocycles. The molecule has 0 saturated heterocycles. The Morgan fingerprint density at radius 1 is 1.33 bits per heavy atom. The average molecular weight is 527 g/mol. The number of nitrogens with one attached hydrogen (secondary N) is 2. The average Bonchev–Trinajstić information content (AvgIpc) is 3.03. The Hall–Kier alpha value is -2.32. The second-order valence-corrected chi connectivity index (χ2v) is 9.43. The van der Waals surface area contributed by atoms with Crippen molar-refractivity contribution >= 4 is 11.6 Å². The van der Waals surface area contributed by atoms with Crippen molar-refractivity contribution in [2.75, 3.05) is 25.6 Å². The van der Waals surface area contributed by atoms with Crippen molar-refractivity contribution in [1.29, 1.82) is 0 Å². The molecule has 0 bridgehead atoms. The molecule has 2 aliphatic rings. The van der Waals surface area contributed by atoms with E-state index in [1.807, 2.05) is 0 Å². The topological polar surface area (TPSA) is 97.4 Å². The van der Waals surface area contributed by atoms with Gasteiger partial charge in [0.15, 0.2) is 0 Å². The van der Waals surface area contributed by atoms with E-state index in [0.717, 1.165) is 15.9 Å². The summed E-state index contributed by atoms with van der Waals surface area (Å²) in [7, 11) is 1.35. The van der Waals surface area contributed by atoms with Gasteiger partial charge in [-0.05, 0) is 38.5 Å². The van der Waals surface area contributed by atoms with Crippen LogP contribution in [0, 0.1) is 11.9 Å². The molecule has 36 heavy (non-hydrogen) atoms. The molecule has 1 aliphatic carbocycles. The number of nitrogens with zero attached hydrogens (tertiary/aromatic N) is 3. The number of hydrogen-bond donors (Lipinski definition) is 3. The van der Waals surface area contributed by atoms with E-state index in [-0.39, 0.29) is 49.7 Å². The highest BCUT2D eigenvalue weighted by Gasteiger charge is 2.39. The number of halogens is 6. The zero-order valence-corrected chi connectivity index (χ0v) is 20.1. The second-order valence-electron chi connectivity index (χ2n) is 9.43. The van der Waals surface area contributed by atoms with Gasteiger partial charge in [-0.1, -0.05) is 6.08 Å². The third-order valence-corrected chi connectivity index (χ3v) is 6.48. The molecule has 3 atom stereocenters. The Bertz CT molecular complexity index is 927. The number of aromatic nitrogens is 2. The number of allylic oxidation sites excluding steroid dienone is 1. The number of alkyl halides is 5. The van der Waals surface area contributed by atoms with Crippen LogP contribution >= 0.6 is 0 Å². The third-order valence-electron chi connectivity index (χ3n) is 6.48. The molecule has 1 aromatic rings. The van der Waals surface area contributed by atoms with Crippen molar-refractivity contribution in [1.82, 2.24) is 20.2 Å². The zero-order valence-electron chi connectivity index (χ0n) is 20.1. The molecular formula is C22H32F6N6O2. The van der Waals surface area contributed by atoms with Crippen LogP contribution in [-0.4, -0.2) is 65.1 Å². The first-order valence-electron chi connectivity index (χ1n) is 11.8. The predicted molar refractivity (Wildman–Crippen MR) is 119 cm³/mol.